The van der Waals surface area contributed by atoms with Crippen molar-refractivity contribution in [2.45, 2.75) is 26.1 Å². The lowest BCUT2D eigenvalue weighted by Crippen LogP contribution is -2.54. The first-order valence-electron chi connectivity index (χ1n) is 7.69. The highest BCUT2D eigenvalue weighted by molar-refractivity contribution is 7.15. The fourth-order valence-electron chi connectivity index (χ4n) is 2.40. The minimum Gasteiger partial charge on any atom is -0.474 e. The molecule has 0 fully saturated rings. The van der Waals surface area contributed by atoms with Crippen molar-refractivity contribution in [1.29, 1.82) is 0 Å². The molecular weight excluding hydrogens is 360 g/mol. The van der Waals surface area contributed by atoms with Crippen LogP contribution in [0.15, 0.2) is 12.1 Å². The number of carbonyl (C=O) groups is 2. The molecule has 2 amide bonds. The van der Waals surface area contributed by atoms with E-state index >= 15 is 0 Å². The van der Waals surface area contributed by atoms with Crippen LogP contribution >= 0.6 is 11.3 Å². The van der Waals surface area contributed by atoms with Gasteiger partial charge in [-0.15, -0.1) is 10.2 Å². The highest BCUT2D eigenvalue weighted by atomic mass is 32.1. The molecule has 0 atom stereocenters. The number of rotatable bonds is 5. The highest BCUT2D eigenvalue weighted by Gasteiger charge is 2.42. The molecule has 3 heterocycles. The van der Waals surface area contributed by atoms with Crippen molar-refractivity contribution >= 4 is 39.9 Å². The third-order valence-electron chi connectivity index (χ3n) is 3.52. The van der Waals surface area contributed by atoms with Crippen molar-refractivity contribution in [1.82, 2.24) is 15.2 Å². The van der Waals surface area contributed by atoms with E-state index in [0.29, 0.717) is 22.5 Å². The van der Waals surface area contributed by atoms with Gasteiger partial charge in [0, 0.05) is 7.11 Å². The summed E-state index contributed by atoms with van der Waals surface area (Å²) in [4.78, 5) is 30.5. The Balaban J connectivity index is 1.79. The summed E-state index contributed by atoms with van der Waals surface area (Å²) in [5.41, 5.74) is 4.58. The summed E-state index contributed by atoms with van der Waals surface area (Å²) in [6.07, 6.45) is 0. The van der Waals surface area contributed by atoms with E-state index in [4.69, 9.17) is 15.2 Å². The van der Waals surface area contributed by atoms with Crippen LogP contribution in [0.25, 0.3) is 0 Å². The highest BCUT2D eigenvalue weighted by Crippen LogP contribution is 2.36. The van der Waals surface area contributed by atoms with Crippen molar-refractivity contribution in [3.63, 3.8) is 0 Å². The van der Waals surface area contributed by atoms with Crippen LogP contribution < -0.4 is 20.7 Å². The van der Waals surface area contributed by atoms with Gasteiger partial charge in [0.15, 0.2) is 17.2 Å². The van der Waals surface area contributed by atoms with Gasteiger partial charge in [-0.3, -0.25) is 19.8 Å². The smallest absolute Gasteiger partial charge is 0.272 e. The second kappa shape index (κ2) is 6.84. The van der Waals surface area contributed by atoms with Gasteiger partial charge in [0.25, 0.3) is 5.91 Å². The van der Waals surface area contributed by atoms with Crippen molar-refractivity contribution in [3.8, 4) is 5.75 Å². The number of amides is 2. The average molecular weight is 378 g/mol. The molecule has 3 N–H and O–H groups in total. The molecule has 0 spiro atoms. The first-order valence-corrected chi connectivity index (χ1v) is 8.50. The SMILES string of the molecule is COCc1nnc(NC(=O)CN2C(=O)C(C)(C)Oc3ccc(N)nc32)s1. The van der Waals surface area contributed by atoms with Crippen LogP contribution in [0, 0.1) is 0 Å². The first kappa shape index (κ1) is 18.0. The number of anilines is 3. The van der Waals surface area contributed by atoms with Gasteiger partial charge in [0.1, 0.15) is 24.0 Å². The predicted octanol–water partition coefficient (Wildman–Crippen LogP) is 0.804. The zero-order valence-corrected chi connectivity index (χ0v) is 15.3. The molecule has 2 aromatic heterocycles. The summed E-state index contributed by atoms with van der Waals surface area (Å²) in [6, 6.07) is 3.19. The standard InChI is InChI=1S/C15H18N6O4S/c1-15(2)13(23)21(12-8(25-15)4-5-9(16)17-12)6-10(22)18-14-20-19-11(26-14)7-24-3/h4-5H,6-7H2,1-3H3,(H2,16,17)(H,18,20,22). The molecule has 0 bridgehead atoms. The van der Waals surface area contributed by atoms with E-state index < -0.39 is 17.4 Å². The number of nitrogen functional groups attached to an aromatic ring is 1. The van der Waals surface area contributed by atoms with Gasteiger partial charge in [-0.1, -0.05) is 11.3 Å². The number of pyridine rings is 1. The van der Waals surface area contributed by atoms with Crippen LogP contribution in [0.5, 0.6) is 5.75 Å². The number of fused-ring (bicyclic) bond motifs is 1. The van der Waals surface area contributed by atoms with E-state index in [-0.39, 0.29) is 18.2 Å². The number of hydrogen-bond acceptors (Lipinski definition) is 9. The van der Waals surface area contributed by atoms with E-state index in [1.165, 1.54) is 16.2 Å². The number of nitrogens with zero attached hydrogens (tertiary/aromatic N) is 4. The Kier molecular flexibility index (Phi) is 4.74. The number of aromatic nitrogens is 3. The van der Waals surface area contributed by atoms with Crippen molar-refractivity contribution in [3.05, 3.63) is 17.1 Å². The Bertz CT molecular complexity index is 852. The van der Waals surface area contributed by atoms with Crippen LogP contribution in [0.3, 0.4) is 0 Å². The van der Waals surface area contributed by atoms with Gasteiger partial charge in [0.2, 0.25) is 11.0 Å². The number of ether oxygens (including phenoxy) is 2. The molecule has 11 heteroatoms. The van der Waals surface area contributed by atoms with Gasteiger partial charge < -0.3 is 15.2 Å². The second-order valence-electron chi connectivity index (χ2n) is 6.04. The van der Waals surface area contributed by atoms with Crippen LogP contribution in [0.1, 0.15) is 18.9 Å². The molecule has 1 aliphatic heterocycles. The molecule has 26 heavy (non-hydrogen) atoms. The fourth-order valence-corrected chi connectivity index (χ4v) is 3.13. The van der Waals surface area contributed by atoms with Gasteiger partial charge >= 0.3 is 0 Å². The largest absolute Gasteiger partial charge is 0.474 e. The molecule has 2 aromatic rings. The summed E-state index contributed by atoms with van der Waals surface area (Å²) in [7, 11) is 1.54. The molecule has 0 aliphatic carbocycles. The Morgan fingerprint density at radius 1 is 1.42 bits per heavy atom. The van der Waals surface area contributed by atoms with Crippen LogP contribution in [0.2, 0.25) is 0 Å². The minimum atomic E-state index is -1.13. The molecule has 0 saturated heterocycles. The number of carbonyl (C=O) groups excluding carboxylic acids is 2. The third kappa shape index (κ3) is 3.58. The van der Waals surface area contributed by atoms with E-state index in [9.17, 15) is 9.59 Å². The summed E-state index contributed by atoms with van der Waals surface area (Å²) in [5.74, 6) is -0.0165. The average Bonchev–Trinajstić information content (AvgIpc) is 3.00. The zero-order valence-electron chi connectivity index (χ0n) is 14.5. The lowest BCUT2D eigenvalue weighted by molar-refractivity contribution is -0.133. The second-order valence-corrected chi connectivity index (χ2v) is 7.11. The molecular formula is C15H18N6O4S. The van der Waals surface area contributed by atoms with Crippen molar-refractivity contribution < 1.29 is 19.1 Å². The van der Waals surface area contributed by atoms with Crippen LogP contribution in [-0.4, -0.2) is 46.3 Å². The van der Waals surface area contributed by atoms with Crippen molar-refractivity contribution in [2.75, 3.05) is 29.6 Å². The maximum Gasteiger partial charge on any atom is 0.272 e. The quantitative estimate of drug-likeness (QED) is 0.781. The summed E-state index contributed by atoms with van der Waals surface area (Å²) >= 11 is 1.19. The Hall–Kier alpha value is -2.79. The lowest BCUT2D eigenvalue weighted by atomic mass is 10.1. The molecule has 138 valence electrons. The fraction of sp³-hybridized carbons (Fsp3) is 0.400. The van der Waals surface area contributed by atoms with E-state index in [0.717, 1.165) is 0 Å². The Morgan fingerprint density at radius 2 is 2.19 bits per heavy atom. The molecule has 0 unspecified atom stereocenters. The number of nitrogens with two attached hydrogens (primary N) is 1. The van der Waals surface area contributed by atoms with Gasteiger partial charge in [0.05, 0.1) is 0 Å². The third-order valence-corrected chi connectivity index (χ3v) is 4.34. The Labute approximate surface area is 153 Å². The van der Waals surface area contributed by atoms with Gasteiger partial charge in [-0.25, -0.2) is 4.98 Å². The maximum atomic E-state index is 12.7. The first-order chi connectivity index (χ1) is 12.3. The maximum absolute atomic E-state index is 12.7. The van der Waals surface area contributed by atoms with Crippen LogP contribution in [-0.2, 0) is 20.9 Å². The summed E-state index contributed by atoms with van der Waals surface area (Å²) < 4.78 is 10.6. The van der Waals surface area contributed by atoms with Gasteiger partial charge in [-0.2, -0.15) is 0 Å². The molecule has 0 aromatic carbocycles. The molecule has 0 saturated carbocycles. The van der Waals surface area contributed by atoms with E-state index in [1.807, 2.05) is 0 Å². The minimum absolute atomic E-state index is 0.210. The summed E-state index contributed by atoms with van der Waals surface area (Å²) in [6.45, 7) is 3.30. The van der Waals surface area contributed by atoms with E-state index in [2.05, 4.69) is 20.5 Å². The predicted molar refractivity (Wildman–Crippen MR) is 95.0 cm³/mol. The zero-order chi connectivity index (χ0) is 18.9. The summed E-state index contributed by atoms with van der Waals surface area (Å²) in [5, 5.41) is 11.3. The molecule has 3 rings (SSSR count). The molecule has 0 radical (unpaired) electrons. The number of hydrogen-bond donors (Lipinski definition) is 2. The van der Waals surface area contributed by atoms with E-state index in [1.54, 1.807) is 33.1 Å². The number of nitrogens with one attached hydrogen (secondary N) is 1. The van der Waals surface area contributed by atoms with Crippen molar-refractivity contribution in [2.24, 2.45) is 0 Å². The Morgan fingerprint density at radius 3 is 2.92 bits per heavy atom. The van der Waals surface area contributed by atoms with Gasteiger partial charge in [-0.05, 0) is 26.0 Å². The monoisotopic (exact) mass is 378 g/mol. The van der Waals surface area contributed by atoms with Crippen LogP contribution in [0.4, 0.5) is 16.8 Å². The topological polar surface area (TPSA) is 133 Å². The molecule has 1 aliphatic rings. The molecule has 10 nitrogen and oxygen atoms in total. The lowest BCUT2D eigenvalue weighted by Gasteiger charge is -2.37. The number of methoxy groups -OCH3 is 1. The normalized spacial score (nSPS) is 15.3.